The Morgan fingerprint density at radius 3 is 2.64 bits per heavy atom. The number of anilines is 1. The first-order valence-corrected chi connectivity index (χ1v) is 8.72. The zero-order valence-electron chi connectivity index (χ0n) is 14.8. The second-order valence-corrected chi connectivity index (χ2v) is 7.66. The largest absolute Gasteiger partial charge is 0.454 e. The minimum absolute atomic E-state index is 0.0364. The Labute approximate surface area is 148 Å². The molecule has 1 amide bonds. The van der Waals surface area contributed by atoms with Crippen molar-refractivity contribution >= 4 is 11.6 Å². The fraction of sp³-hybridized carbons (Fsp3) is 0.381. The third kappa shape index (κ3) is 2.76. The van der Waals surface area contributed by atoms with Gasteiger partial charge in [0.1, 0.15) is 0 Å². The van der Waals surface area contributed by atoms with E-state index in [0.29, 0.717) is 18.6 Å². The van der Waals surface area contributed by atoms with Crippen LogP contribution in [0.2, 0.25) is 0 Å². The molecule has 2 unspecified atom stereocenters. The van der Waals surface area contributed by atoms with E-state index in [1.807, 2.05) is 24.3 Å². The van der Waals surface area contributed by atoms with Crippen molar-refractivity contribution in [3.63, 3.8) is 0 Å². The molecule has 0 spiro atoms. The summed E-state index contributed by atoms with van der Waals surface area (Å²) in [6.07, 6.45) is 1.09. The topological polar surface area (TPSA) is 47.6 Å². The zero-order valence-corrected chi connectivity index (χ0v) is 14.8. The smallest absolute Gasteiger partial charge is 0.231 e. The van der Waals surface area contributed by atoms with Crippen molar-refractivity contribution in [3.05, 3.63) is 53.6 Å². The normalized spacial score (nSPS) is 23.0. The number of hydrogen-bond donors (Lipinski definition) is 1. The Balaban J connectivity index is 1.71. The summed E-state index contributed by atoms with van der Waals surface area (Å²) in [6.45, 7) is 6.46. The first kappa shape index (κ1) is 16.0. The van der Waals surface area contributed by atoms with Gasteiger partial charge >= 0.3 is 0 Å². The molecule has 0 radical (unpaired) electrons. The molecule has 25 heavy (non-hydrogen) atoms. The summed E-state index contributed by atoms with van der Waals surface area (Å²) < 4.78 is 11.0. The van der Waals surface area contributed by atoms with Crippen LogP contribution in [0.15, 0.2) is 42.5 Å². The average molecular weight is 337 g/mol. The molecule has 2 aliphatic rings. The van der Waals surface area contributed by atoms with Crippen LogP contribution in [0.25, 0.3) is 0 Å². The van der Waals surface area contributed by atoms with Gasteiger partial charge < -0.3 is 14.8 Å². The number of nitrogens with one attached hydrogen (secondary N) is 1. The number of carbonyl (C=O) groups is 1. The number of ether oxygens (including phenoxy) is 2. The predicted octanol–water partition coefficient (Wildman–Crippen LogP) is 4.67. The summed E-state index contributed by atoms with van der Waals surface area (Å²) in [4.78, 5) is 11.6. The summed E-state index contributed by atoms with van der Waals surface area (Å²) in [5, 5.41) is 2.98. The molecule has 2 aromatic rings. The summed E-state index contributed by atoms with van der Waals surface area (Å²) in [5.74, 6) is 2.35. The lowest BCUT2D eigenvalue weighted by atomic mass is 9.51. The van der Waals surface area contributed by atoms with Gasteiger partial charge in [0.05, 0.1) is 0 Å². The maximum absolute atomic E-state index is 11.6. The standard InChI is InChI=1S/C21H23NO3/c1-13(23)22-17-7-5-4-6-15(17)16-11-21(2,3)20(16)14-8-9-18-19(10-14)25-12-24-18/h4-10,16,20H,11-12H2,1-3H3,(H,22,23). The monoisotopic (exact) mass is 337 g/mol. The number of amides is 1. The molecule has 2 atom stereocenters. The predicted molar refractivity (Wildman–Crippen MR) is 97.2 cm³/mol. The quantitative estimate of drug-likeness (QED) is 0.885. The molecular weight excluding hydrogens is 314 g/mol. The highest BCUT2D eigenvalue weighted by atomic mass is 16.7. The van der Waals surface area contributed by atoms with Crippen LogP contribution in [0, 0.1) is 5.41 Å². The molecule has 4 heteroatoms. The van der Waals surface area contributed by atoms with E-state index in [1.165, 1.54) is 11.1 Å². The van der Waals surface area contributed by atoms with E-state index in [9.17, 15) is 4.79 Å². The van der Waals surface area contributed by atoms with E-state index in [-0.39, 0.29) is 11.3 Å². The van der Waals surface area contributed by atoms with Crippen LogP contribution >= 0.6 is 0 Å². The van der Waals surface area contributed by atoms with Gasteiger partial charge in [0.25, 0.3) is 0 Å². The Morgan fingerprint density at radius 2 is 1.88 bits per heavy atom. The highest BCUT2D eigenvalue weighted by Crippen LogP contribution is 2.62. The van der Waals surface area contributed by atoms with Crippen LogP contribution in [-0.4, -0.2) is 12.7 Å². The molecule has 1 N–H and O–H groups in total. The minimum atomic E-state index is -0.0364. The van der Waals surface area contributed by atoms with Crippen LogP contribution in [0.4, 0.5) is 5.69 Å². The lowest BCUT2D eigenvalue weighted by Gasteiger charge is -2.52. The second-order valence-electron chi connectivity index (χ2n) is 7.66. The van der Waals surface area contributed by atoms with Crippen molar-refractivity contribution in [2.24, 2.45) is 5.41 Å². The molecular formula is C21H23NO3. The Kier molecular flexibility index (Phi) is 3.71. The summed E-state index contributed by atoms with van der Waals surface area (Å²) in [5.41, 5.74) is 3.59. The lowest BCUT2D eigenvalue weighted by molar-refractivity contribution is -0.114. The first-order chi connectivity index (χ1) is 12.0. The van der Waals surface area contributed by atoms with Gasteiger partial charge in [0.2, 0.25) is 12.7 Å². The fourth-order valence-electron chi connectivity index (χ4n) is 4.40. The minimum Gasteiger partial charge on any atom is -0.454 e. The van der Waals surface area contributed by atoms with E-state index in [4.69, 9.17) is 9.47 Å². The Bertz CT molecular complexity index is 828. The third-order valence-corrected chi connectivity index (χ3v) is 5.42. The molecule has 0 aromatic heterocycles. The summed E-state index contributed by atoms with van der Waals surface area (Å²) >= 11 is 0. The number of rotatable bonds is 3. The molecule has 4 rings (SSSR count). The molecule has 1 aliphatic heterocycles. The zero-order chi connectivity index (χ0) is 17.6. The number of benzene rings is 2. The summed E-state index contributed by atoms with van der Waals surface area (Å²) in [6, 6.07) is 14.4. The van der Waals surface area contributed by atoms with E-state index in [0.717, 1.165) is 23.6 Å². The number of carbonyl (C=O) groups excluding carboxylic acids is 1. The van der Waals surface area contributed by atoms with Gasteiger partial charge in [-0.05, 0) is 53.0 Å². The SMILES string of the molecule is CC(=O)Nc1ccccc1C1CC(C)(C)C1c1ccc2c(c1)OCO2. The van der Waals surface area contributed by atoms with Gasteiger partial charge in [-0.25, -0.2) is 0 Å². The van der Waals surface area contributed by atoms with Crippen molar-refractivity contribution in [3.8, 4) is 11.5 Å². The number of para-hydroxylation sites is 1. The van der Waals surface area contributed by atoms with Gasteiger partial charge in [-0.3, -0.25) is 4.79 Å². The highest BCUT2D eigenvalue weighted by Gasteiger charge is 2.49. The van der Waals surface area contributed by atoms with Crippen molar-refractivity contribution < 1.29 is 14.3 Å². The van der Waals surface area contributed by atoms with E-state index >= 15 is 0 Å². The lowest BCUT2D eigenvalue weighted by Crippen LogP contribution is -2.40. The van der Waals surface area contributed by atoms with E-state index in [1.54, 1.807) is 6.92 Å². The van der Waals surface area contributed by atoms with Crippen LogP contribution in [0.5, 0.6) is 11.5 Å². The molecule has 4 nitrogen and oxygen atoms in total. The van der Waals surface area contributed by atoms with E-state index < -0.39 is 0 Å². The van der Waals surface area contributed by atoms with E-state index in [2.05, 4.69) is 37.4 Å². The summed E-state index contributed by atoms with van der Waals surface area (Å²) in [7, 11) is 0. The molecule has 1 saturated carbocycles. The maximum atomic E-state index is 11.6. The highest BCUT2D eigenvalue weighted by molar-refractivity contribution is 5.89. The third-order valence-electron chi connectivity index (χ3n) is 5.42. The van der Waals surface area contributed by atoms with Gasteiger partial charge in [0.15, 0.2) is 11.5 Å². The van der Waals surface area contributed by atoms with Gasteiger partial charge in [-0.2, -0.15) is 0 Å². The van der Waals surface area contributed by atoms with Crippen molar-refractivity contribution in [2.75, 3.05) is 12.1 Å². The molecule has 0 saturated heterocycles. The number of hydrogen-bond acceptors (Lipinski definition) is 3. The maximum Gasteiger partial charge on any atom is 0.231 e. The van der Waals surface area contributed by atoms with Gasteiger partial charge in [0, 0.05) is 12.6 Å². The molecule has 130 valence electrons. The van der Waals surface area contributed by atoms with Crippen LogP contribution in [0.3, 0.4) is 0 Å². The molecule has 1 heterocycles. The van der Waals surface area contributed by atoms with Crippen molar-refractivity contribution in [2.45, 2.75) is 39.0 Å². The second kappa shape index (κ2) is 5.80. The fourth-order valence-corrected chi connectivity index (χ4v) is 4.40. The Hall–Kier alpha value is -2.49. The number of fused-ring (bicyclic) bond motifs is 1. The molecule has 0 bridgehead atoms. The van der Waals surface area contributed by atoms with Crippen LogP contribution < -0.4 is 14.8 Å². The van der Waals surface area contributed by atoms with Gasteiger partial charge in [-0.1, -0.05) is 38.1 Å². The Morgan fingerprint density at radius 1 is 1.12 bits per heavy atom. The molecule has 1 fully saturated rings. The average Bonchev–Trinajstić information content (AvgIpc) is 3.01. The first-order valence-electron chi connectivity index (χ1n) is 8.72. The van der Waals surface area contributed by atoms with Crippen LogP contribution in [0.1, 0.15) is 50.2 Å². The van der Waals surface area contributed by atoms with Crippen molar-refractivity contribution in [1.82, 2.24) is 0 Å². The molecule has 1 aliphatic carbocycles. The molecule has 2 aromatic carbocycles. The van der Waals surface area contributed by atoms with Crippen LogP contribution in [-0.2, 0) is 4.79 Å². The van der Waals surface area contributed by atoms with Gasteiger partial charge in [-0.15, -0.1) is 0 Å². The van der Waals surface area contributed by atoms with Crippen molar-refractivity contribution in [1.29, 1.82) is 0 Å².